The van der Waals surface area contributed by atoms with E-state index in [0.29, 0.717) is 5.56 Å². The maximum Gasteiger partial charge on any atom is 0.303 e. The number of esters is 1. The van der Waals surface area contributed by atoms with Crippen LogP contribution in [0.3, 0.4) is 0 Å². The number of ether oxygens (including phenoxy) is 1. The minimum Gasteiger partial charge on any atom is -0.457 e. The molecule has 0 bridgehead atoms. The fourth-order valence-electron chi connectivity index (χ4n) is 1.07. The summed E-state index contributed by atoms with van der Waals surface area (Å²) in [5.74, 6) is -0.616. The molecule has 0 heterocycles. The van der Waals surface area contributed by atoms with Gasteiger partial charge in [-0.25, -0.2) is 0 Å². The molecule has 1 aromatic rings. The summed E-state index contributed by atoms with van der Waals surface area (Å²) in [7, 11) is 0. The minimum atomic E-state index is -0.439. The van der Waals surface area contributed by atoms with E-state index >= 15 is 0 Å². The first-order valence-electron chi connectivity index (χ1n) is 4.33. The van der Waals surface area contributed by atoms with E-state index in [1.165, 1.54) is 6.92 Å². The van der Waals surface area contributed by atoms with Crippen LogP contribution in [-0.2, 0) is 9.53 Å². The average Bonchev–Trinajstić information content (AvgIpc) is 2.14. The maximum absolute atomic E-state index is 11.4. The zero-order valence-electron chi connectivity index (χ0n) is 8.24. The van der Waals surface area contributed by atoms with Gasteiger partial charge in [-0.05, 0) is 13.0 Å². The first-order valence-corrected chi connectivity index (χ1v) is 4.33. The van der Waals surface area contributed by atoms with Gasteiger partial charge in [-0.1, -0.05) is 23.8 Å². The fourth-order valence-corrected chi connectivity index (χ4v) is 1.07. The normalized spacial score (nSPS) is 9.57. The van der Waals surface area contributed by atoms with Crippen LogP contribution in [0.15, 0.2) is 24.3 Å². The molecule has 0 spiro atoms. The van der Waals surface area contributed by atoms with Crippen molar-refractivity contribution in [2.75, 3.05) is 6.61 Å². The Balaban J connectivity index is 2.65. The number of hydrogen-bond acceptors (Lipinski definition) is 3. The highest BCUT2D eigenvalue weighted by molar-refractivity contribution is 5.97. The molecule has 1 rings (SSSR count). The van der Waals surface area contributed by atoms with Gasteiger partial charge >= 0.3 is 5.97 Å². The lowest BCUT2D eigenvalue weighted by Gasteiger charge is -2.02. The molecule has 14 heavy (non-hydrogen) atoms. The lowest BCUT2D eigenvalue weighted by molar-refractivity contribution is -0.139. The zero-order valence-corrected chi connectivity index (χ0v) is 8.24. The molecule has 0 aliphatic heterocycles. The average molecular weight is 192 g/mol. The molecular weight excluding hydrogens is 180 g/mol. The van der Waals surface area contributed by atoms with E-state index in [-0.39, 0.29) is 12.4 Å². The first kappa shape index (κ1) is 10.4. The zero-order chi connectivity index (χ0) is 10.6. The standard InChI is InChI=1S/C11H12O3/c1-8-4-3-5-10(6-8)11(13)7-14-9(2)12/h3-6H,7H2,1-2H3. The van der Waals surface area contributed by atoms with Gasteiger partial charge < -0.3 is 4.74 Å². The molecule has 0 aliphatic carbocycles. The van der Waals surface area contributed by atoms with Gasteiger partial charge in [0.2, 0.25) is 0 Å². The molecule has 0 amide bonds. The van der Waals surface area contributed by atoms with Crippen LogP contribution in [0.5, 0.6) is 0 Å². The minimum absolute atomic E-state index is 0.177. The Bertz CT molecular complexity index is 355. The molecular formula is C11H12O3. The van der Waals surface area contributed by atoms with E-state index < -0.39 is 5.97 Å². The van der Waals surface area contributed by atoms with E-state index in [4.69, 9.17) is 0 Å². The molecule has 0 unspecified atom stereocenters. The lowest BCUT2D eigenvalue weighted by atomic mass is 10.1. The van der Waals surface area contributed by atoms with E-state index in [0.717, 1.165) is 5.56 Å². The largest absolute Gasteiger partial charge is 0.457 e. The van der Waals surface area contributed by atoms with Crippen molar-refractivity contribution in [2.24, 2.45) is 0 Å². The predicted molar refractivity (Wildman–Crippen MR) is 52.1 cm³/mol. The van der Waals surface area contributed by atoms with Crippen molar-refractivity contribution in [3.05, 3.63) is 35.4 Å². The molecule has 0 N–H and O–H groups in total. The lowest BCUT2D eigenvalue weighted by Crippen LogP contribution is -2.11. The summed E-state index contributed by atoms with van der Waals surface area (Å²) in [5.41, 5.74) is 1.59. The van der Waals surface area contributed by atoms with Crippen LogP contribution in [-0.4, -0.2) is 18.4 Å². The Morgan fingerprint density at radius 1 is 1.36 bits per heavy atom. The van der Waals surface area contributed by atoms with Crippen LogP contribution in [0, 0.1) is 6.92 Å². The van der Waals surface area contributed by atoms with E-state index in [2.05, 4.69) is 4.74 Å². The number of Topliss-reactive ketones (excluding diaryl/α,β-unsaturated/α-hetero) is 1. The van der Waals surface area contributed by atoms with Crippen molar-refractivity contribution in [3.8, 4) is 0 Å². The molecule has 0 fully saturated rings. The van der Waals surface area contributed by atoms with Crippen LogP contribution in [0.1, 0.15) is 22.8 Å². The fraction of sp³-hybridized carbons (Fsp3) is 0.273. The Morgan fingerprint density at radius 3 is 2.64 bits per heavy atom. The Kier molecular flexibility index (Phi) is 3.40. The number of aryl methyl sites for hydroxylation is 1. The van der Waals surface area contributed by atoms with Gasteiger partial charge in [0.05, 0.1) is 0 Å². The van der Waals surface area contributed by atoms with Crippen molar-refractivity contribution in [3.63, 3.8) is 0 Å². The van der Waals surface area contributed by atoms with Gasteiger partial charge in [-0.15, -0.1) is 0 Å². The molecule has 3 heteroatoms. The van der Waals surface area contributed by atoms with Crippen molar-refractivity contribution in [2.45, 2.75) is 13.8 Å². The Hall–Kier alpha value is -1.64. The van der Waals surface area contributed by atoms with Gasteiger partial charge in [0.1, 0.15) is 0 Å². The van der Waals surface area contributed by atoms with Crippen molar-refractivity contribution >= 4 is 11.8 Å². The summed E-state index contributed by atoms with van der Waals surface area (Å²) < 4.78 is 4.61. The summed E-state index contributed by atoms with van der Waals surface area (Å²) in [6.45, 7) is 3.00. The smallest absolute Gasteiger partial charge is 0.303 e. The van der Waals surface area contributed by atoms with Crippen molar-refractivity contribution in [1.82, 2.24) is 0 Å². The Labute approximate surface area is 82.7 Å². The molecule has 0 aromatic heterocycles. The summed E-state index contributed by atoms with van der Waals surface area (Å²) in [6.07, 6.45) is 0. The number of ketones is 1. The van der Waals surface area contributed by atoms with Gasteiger partial charge in [0, 0.05) is 12.5 Å². The van der Waals surface area contributed by atoms with E-state index in [1.807, 2.05) is 13.0 Å². The molecule has 0 saturated heterocycles. The predicted octanol–water partition coefficient (Wildman–Crippen LogP) is 1.74. The van der Waals surface area contributed by atoms with Crippen LogP contribution in [0.4, 0.5) is 0 Å². The molecule has 1 aromatic carbocycles. The number of carbonyl (C=O) groups is 2. The van der Waals surface area contributed by atoms with Crippen molar-refractivity contribution in [1.29, 1.82) is 0 Å². The number of hydrogen-bond donors (Lipinski definition) is 0. The van der Waals surface area contributed by atoms with Crippen LogP contribution < -0.4 is 0 Å². The Morgan fingerprint density at radius 2 is 2.07 bits per heavy atom. The highest BCUT2D eigenvalue weighted by atomic mass is 16.5. The second kappa shape index (κ2) is 4.56. The molecule has 0 aliphatic rings. The van der Waals surface area contributed by atoms with E-state index in [9.17, 15) is 9.59 Å². The summed E-state index contributed by atoms with van der Waals surface area (Å²) in [6, 6.07) is 7.18. The van der Waals surface area contributed by atoms with Crippen LogP contribution in [0.2, 0.25) is 0 Å². The van der Waals surface area contributed by atoms with Crippen molar-refractivity contribution < 1.29 is 14.3 Å². The highest BCUT2D eigenvalue weighted by Crippen LogP contribution is 2.04. The summed E-state index contributed by atoms with van der Waals surface area (Å²) in [5, 5.41) is 0. The first-order chi connectivity index (χ1) is 6.59. The third kappa shape index (κ3) is 3.01. The van der Waals surface area contributed by atoms with Gasteiger partial charge in [-0.2, -0.15) is 0 Å². The quantitative estimate of drug-likeness (QED) is 0.541. The van der Waals surface area contributed by atoms with Gasteiger partial charge in [0.15, 0.2) is 12.4 Å². The molecule has 0 radical (unpaired) electrons. The SMILES string of the molecule is CC(=O)OCC(=O)c1cccc(C)c1. The molecule has 74 valence electrons. The number of benzene rings is 1. The second-order valence-corrected chi connectivity index (χ2v) is 3.07. The highest BCUT2D eigenvalue weighted by Gasteiger charge is 2.06. The monoisotopic (exact) mass is 192 g/mol. The third-order valence-electron chi connectivity index (χ3n) is 1.75. The molecule has 0 atom stereocenters. The number of carbonyl (C=O) groups excluding carboxylic acids is 2. The van der Waals surface area contributed by atoms with Crippen LogP contribution in [0.25, 0.3) is 0 Å². The van der Waals surface area contributed by atoms with Crippen LogP contribution >= 0.6 is 0 Å². The summed E-state index contributed by atoms with van der Waals surface area (Å²) >= 11 is 0. The molecule has 0 saturated carbocycles. The van der Waals surface area contributed by atoms with Gasteiger partial charge in [-0.3, -0.25) is 9.59 Å². The van der Waals surface area contributed by atoms with E-state index in [1.54, 1.807) is 18.2 Å². The number of rotatable bonds is 3. The van der Waals surface area contributed by atoms with Gasteiger partial charge in [0.25, 0.3) is 0 Å². The molecule has 3 nitrogen and oxygen atoms in total. The third-order valence-corrected chi connectivity index (χ3v) is 1.75. The second-order valence-electron chi connectivity index (χ2n) is 3.07. The maximum atomic E-state index is 11.4. The summed E-state index contributed by atoms with van der Waals surface area (Å²) in [4.78, 5) is 21.9. The topological polar surface area (TPSA) is 43.4 Å².